The molecule has 3 aromatic rings. The number of nitrogens with zero attached hydrogens (tertiary/aromatic N) is 1. The van der Waals surface area contributed by atoms with E-state index in [-0.39, 0.29) is 6.04 Å². The van der Waals surface area contributed by atoms with Crippen LogP contribution in [0.1, 0.15) is 56.4 Å². The number of aromatic nitrogens is 2. The Hall–Kier alpha value is -3.45. The highest BCUT2D eigenvalue weighted by Gasteiger charge is 2.36. The summed E-state index contributed by atoms with van der Waals surface area (Å²) in [6.07, 6.45) is 6.01. The molecule has 1 fully saturated rings. The molecule has 0 amide bonds. The summed E-state index contributed by atoms with van der Waals surface area (Å²) in [6, 6.07) is 7.01. The molecular weight excluding hydrogens is 394 g/mol. The number of aromatic carboxylic acids is 1. The zero-order chi connectivity index (χ0) is 21.7. The van der Waals surface area contributed by atoms with Gasteiger partial charge in [-0.05, 0) is 67.0 Å². The van der Waals surface area contributed by atoms with Gasteiger partial charge in [0, 0.05) is 29.1 Å². The van der Waals surface area contributed by atoms with E-state index in [1.807, 2.05) is 18.3 Å². The highest BCUT2D eigenvalue weighted by atomic mass is 16.5. The van der Waals surface area contributed by atoms with Crippen LogP contribution in [0.25, 0.3) is 22.5 Å². The maximum absolute atomic E-state index is 12.1. The summed E-state index contributed by atoms with van der Waals surface area (Å²) in [5, 5.41) is 9.92. The number of rotatable bonds is 6. The smallest absolute Gasteiger partial charge is 0.337 e. The maximum Gasteiger partial charge on any atom is 0.337 e. The number of carboxylic acid groups (broad SMARTS) is 1. The van der Waals surface area contributed by atoms with Crippen LogP contribution in [0.4, 0.5) is 0 Å². The summed E-state index contributed by atoms with van der Waals surface area (Å²) in [5.74, 6) is -0.0907. The summed E-state index contributed by atoms with van der Waals surface area (Å²) in [6.45, 7) is 0. The number of benzene rings is 1. The van der Waals surface area contributed by atoms with Crippen molar-refractivity contribution in [2.45, 2.75) is 31.7 Å². The Morgan fingerprint density at radius 2 is 2.13 bits per heavy atom. The molecule has 0 aliphatic heterocycles. The lowest BCUT2D eigenvalue weighted by Crippen LogP contribution is -2.17. The normalized spacial score (nSPS) is 15.7. The van der Waals surface area contributed by atoms with E-state index in [9.17, 15) is 14.7 Å². The van der Waals surface area contributed by atoms with Crippen LogP contribution in [0.2, 0.25) is 0 Å². The number of carbonyl (C=O) groups is 2. The number of ether oxygens (including phenoxy) is 1. The van der Waals surface area contributed by atoms with Gasteiger partial charge in [0.2, 0.25) is 0 Å². The Balaban J connectivity index is 1.63. The number of pyridine rings is 1. The molecule has 7 nitrogen and oxygen atoms in total. The number of hydrogen-bond acceptors (Lipinski definition) is 5. The van der Waals surface area contributed by atoms with Crippen molar-refractivity contribution in [3.05, 3.63) is 58.4 Å². The van der Waals surface area contributed by atoms with Crippen LogP contribution in [-0.2, 0) is 12.8 Å². The molecular formula is C24H23N3O4. The highest BCUT2D eigenvalue weighted by molar-refractivity contribution is 5.95. The third-order valence-electron chi connectivity index (χ3n) is 6.36. The number of hydrogen-bond donors (Lipinski definition) is 3. The zero-order valence-electron chi connectivity index (χ0n) is 17.1. The molecule has 158 valence electrons. The van der Waals surface area contributed by atoms with Gasteiger partial charge in [-0.25, -0.2) is 4.79 Å². The number of methoxy groups -OCH3 is 1. The second kappa shape index (κ2) is 7.35. The molecule has 0 spiro atoms. The number of nitrogens with one attached hydrogen (secondary N) is 1. The highest BCUT2D eigenvalue weighted by Crippen LogP contribution is 2.44. The van der Waals surface area contributed by atoms with Gasteiger partial charge in [-0.2, -0.15) is 0 Å². The van der Waals surface area contributed by atoms with Gasteiger partial charge in [0.25, 0.3) is 0 Å². The van der Waals surface area contributed by atoms with E-state index in [1.165, 1.54) is 7.11 Å². The quantitative estimate of drug-likeness (QED) is 0.526. The first-order valence-corrected chi connectivity index (χ1v) is 10.4. The van der Waals surface area contributed by atoms with Gasteiger partial charge in [-0.1, -0.05) is 0 Å². The Kier molecular flexibility index (Phi) is 4.63. The Labute approximate surface area is 179 Å². The second-order valence-corrected chi connectivity index (χ2v) is 8.24. The summed E-state index contributed by atoms with van der Waals surface area (Å²) in [4.78, 5) is 31.5. The van der Waals surface area contributed by atoms with Crippen molar-refractivity contribution in [2.24, 2.45) is 11.7 Å². The standard InChI is InChI=1S/C24H23N3O4/c1-31-19-7-5-13(8-15(19)11-28)18-9-17-14(10-26-18)4-6-16-20(24(29)30)23(27-22(16)17)21(25)12-2-3-12/h5,7-12,21,27H,2-4,6,25H2,1H3,(H,29,30). The molecule has 7 heteroatoms. The van der Waals surface area contributed by atoms with E-state index < -0.39 is 5.97 Å². The lowest BCUT2D eigenvalue weighted by Gasteiger charge is -2.18. The summed E-state index contributed by atoms with van der Waals surface area (Å²) < 4.78 is 5.23. The molecule has 31 heavy (non-hydrogen) atoms. The van der Waals surface area contributed by atoms with Gasteiger partial charge in [-0.3, -0.25) is 9.78 Å². The van der Waals surface area contributed by atoms with Crippen molar-refractivity contribution in [1.82, 2.24) is 9.97 Å². The molecule has 2 aliphatic carbocycles. The predicted octanol–water partition coefficient (Wildman–Crippen LogP) is 3.77. The fourth-order valence-electron chi connectivity index (χ4n) is 4.54. The maximum atomic E-state index is 12.1. The SMILES string of the molecule is COc1ccc(-c2cc3c(cn2)CCc2c-3[nH]c(C(N)C3CC3)c2C(=O)O)cc1C=O. The van der Waals surface area contributed by atoms with E-state index in [1.54, 1.807) is 12.1 Å². The molecule has 1 unspecified atom stereocenters. The Morgan fingerprint density at radius 3 is 2.81 bits per heavy atom. The Bertz CT molecular complexity index is 1210. The fourth-order valence-corrected chi connectivity index (χ4v) is 4.54. The first kappa shape index (κ1) is 19.5. The molecule has 2 aliphatic rings. The monoisotopic (exact) mass is 417 g/mol. The van der Waals surface area contributed by atoms with Crippen LogP contribution < -0.4 is 10.5 Å². The number of aldehydes is 1. The zero-order valence-corrected chi connectivity index (χ0v) is 17.1. The lowest BCUT2D eigenvalue weighted by atomic mass is 9.88. The van der Waals surface area contributed by atoms with Crippen LogP contribution in [0.15, 0.2) is 30.5 Å². The summed E-state index contributed by atoms with van der Waals surface area (Å²) in [7, 11) is 1.52. The number of H-pyrrole nitrogens is 1. The third-order valence-corrected chi connectivity index (χ3v) is 6.36. The predicted molar refractivity (Wildman–Crippen MR) is 115 cm³/mol. The molecule has 2 heterocycles. The lowest BCUT2D eigenvalue weighted by molar-refractivity contribution is 0.0693. The number of aromatic amines is 1. The van der Waals surface area contributed by atoms with E-state index >= 15 is 0 Å². The van der Waals surface area contributed by atoms with Crippen molar-refractivity contribution in [3.8, 4) is 28.3 Å². The molecule has 1 atom stereocenters. The van der Waals surface area contributed by atoms with Gasteiger partial charge in [0.15, 0.2) is 6.29 Å². The minimum absolute atomic E-state index is 0.293. The van der Waals surface area contributed by atoms with Gasteiger partial charge < -0.3 is 20.6 Å². The molecule has 1 aromatic carbocycles. The number of fused-ring (bicyclic) bond motifs is 3. The largest absolute Gasteiger partial charge is 0.496 e. The van der Waals surface area contributed by atoms with Gasteiger partial charge in [0.1, 0.15) is 5.75 Å². The molecule has 4 N–H and O–H groups in total. The number of nitrogens with two attached hydrogens (primary N) is 1. The average molecular weight is 417 g/mol. The Morgan fingerprint density at radius 1 is 1.32 bits per heavy atom. The minimum atomic E-state index is -0.938. The van der Waals surface area contributed by atoms with Gasteiger partial charge in [0.05, 0.1) is 29.6 Å². The summed E-state index contributed by atoms with van der Waals surface area (Å²) in [5.41, 5.74) is 12.9. The average Bonchev–Trinajstić information content (AvgIpc) is 3.56. The number of aryl methyl sites for hydroxylation is 1. The van der Waals surface area contributed by atoms with Crippen molar-refractivity contribution >= 4 is 12.3 Å². The molecule has 0 radical (unpaired) electrons. The van der Waals surface area contributed by atoms with Crippen molar-refractivity contribution in [2.75, 3.05) is 7.11 Å². The minimum Gasteiger partial charge on any atom is -0.496 e. The van der Waals surface area contributed by atoms with Gasteiger partial charge >= 0.3 is 5.97 Å². The van der Waals surface area contributed by atoms with Crippen LogP contribution >= 0.6 is 0 Å². The molecule has 5 rings (SSSR count). The second-order valence-electron chi connectivity index (χ2n) is 8.24. The molecule has 0 bridgehead atoms. The molecule has 2 aromatic heterocycles. The first-order valence-electron chi connectivity index (χ1n) is 10.4. The fraction of sp³-hybridized carbons (Fsp3) is 0.292. The first-order chi connectivity index (χ1) is 15.0. The van der Waals surface area contributed by atoms with Gasteiger partial charge in [-0.15, -0.1) is 0 Å². The van der Waals surface area contributed by atoms with E-state index in [2.05, 4.69) is 9.97 Å². The third kappa shape index (κ3) is 3.21. The van der Waals surface area contributed by atoms with E-state index in [4.69, 9.17) is 10.5 Å². The topological polar surface area (TPSA) is 118 Å². The number of carboxylic acids is 1. The van der Waals surface area contributed by atoms with Crippen LogP contribution in [0.5, 0.6) is 5.75 Å². The molecule has 0 saturated heterocycles. The van der Waals surface area contributed by atoms with E-state index in [0.29, 0.717) is 47.0 Å². The van der Waals surface area contributed by atoms with E-state index in [0.717, 1.165) is 47.1 Å². The van der Waals surface area contributed by atoms with Crippen molar-refractivity contribution in [3.63, 3.8) is 0 Å². The van der Waals surface area contributed by atoms with Crippen molar-refractivity contribution in [1.29, 1.82) is 0 Å². The van der Waals surface area contributed by atoms with Crippen LogP contribution in [0, 0.1) is 5.92 Å². The number of carbonyl (C=O) groups excluding carboxylic acids is 1. The summed E-state index contributed by atoms with van der Waals surface area (Å²) >= 11 is 0. The van der Waals surface area contributed by atoms with Crippen LogP contribution in [-0.4, -0.2) is 34.4 Å². The van der Waals surface area contributed by atoms with Crippen molar-refractivity contribution < 1.29 is 19.4 Å². The van der Waals surface area contributed by atoms with Crippen LogP contribution in [0.3, 0.4) is 0 Å². The molecule has 1 saturated carbocycles.